The van der Waals surface area contributed by atoms with Gasteiger partial charge in [0, 0.05) is 37.2 Å². The monoisotopic (exact) mass is 324 g/mol. The summed E-state index contributed by atoms with van der Waals surface area (Å²) in [6.07, 6.45) is -4.29. The summed E-state index contributed by atoms with van der Waals surface area (Å²) in [5.41, 5.74) is -0.363. The standard InChI is InChI=1S/C14H17ClF4N2/c15-12-8-10(7-11(9-12)14(17,18)19)13(1-2-16)21-5-3-20-4-6-21/h7-9,13,20H,1-6H2/t13-/m1/s1. The first-order chi connectivity index (χ1) is 9.91. The van der Waals surface area contributed by atoms with Gasteiger partial charge < -0.3 is 5.32 Å². The topological polar surface area (TPSA) is 15.3 Å². The lowest BCUT2D eigenvalue weighted by atomic mass is 9.99. The second-order valence-corrected chi connectivity index (χ2v) is 5.49. The summed E-state index contributed by atoms with van der Waals surface area (Å²) >= 11 is 5.81. The second kappa shape index (κ2) is 6.94. The predicted octanol–water partition coefficient (Wildman–Crippen LogP) is 3.66. The Balaban J connectivity index is 2.32. The van der Waals surface area contributed by atoms with Crippen LogP contribution in [0.5, 0.6) is 0 Å². The first-order valence-electron chi connectivity index (χ1n) is 6.80. The Morgan fingerprint density at radius 1 is 1.19 bits per heavy atom. The van der Waals surface area contributed by atoms with E-state index in [1.807, 2.05) is 4.90 Å². The fraction of sp³-hybridized carbons (Fsp3) is 0.571. The van der Waals surface area contributed by atoms with E-state index in [4.69, 9.17) is 11.6 Å². The fourth-order valence-electron chi connectivity index (χ4n) is 2.63. The van der Waals surface area contributed by atoms with E-state index >= 15 is 0 Å². The van der Waals surface area contributed by atoms with Gasteiger partial charge in [0.15, 0.2) is 0 Å². The molecule has 1 heterocycles. The Hall–Kier alpha value is -0.850. The summed E-state index contributed by atoms with van der Waals surface area (Å²) < 4.78 is 51.5. The Morgan fingerprint density at radius 2 is 1.86 bits per heavy atom. The number of halogens is 5. The van der Waals surface area contributed by atoms with Crippen LogP contribution < -0.4 is 5.32 Å². The average Bonchev–Trinajstić information content (AvgIpc) is 2.44. The molecule has 1 aliphatic heterocycles. The van der Waals surface area contributed by atoms with Crippen LogP contribution >= 0.6 is 11.6 Å². The molecule has 0 bridgehead atoms. The number of rotatable bonds is 4. The van der Waals surface area contributed by atoms with Crippen molar-refractivity contribution >= 4 is 11.6 Å². The van der Waals surface area contributed by atoms with E-state index < -0.39 is 18.4 Å². The van der Waals surface area contributed by atoms with E-state index in [2.05, 4.69) is 5.32 Å². The Kier molecular flexibility index (Phi) is 5.46. The van der Waals surface area contributed by atoms with Crippen LogP contribution in [0, 0.1) is 0 Å². The van der Waals surface area contributed by atoms with Crippen molar-refractivity contribution in [1.82, 2.24) is 10.2 Å². The number of piperazine rings is 1. The van der Waals surface area contributed by atoms with Gasteiger partial charge in [-0.05, 0) is 30.2 Å². The molecule has 2 nitrogen and oxygen atoms in total. The number of hydrogen-bond acceptors (Lipinski definition) is 2. The molecule has 0 aliphatic carbocycles. The number of hydrogen-bond donors (Lipinski definition) is 1. The summed E-state index contributed by atoms with van der Waals surface area (Å²) in [6, 6.07) is 3.10. The van der Waals surface area contributed by atoms with Crippen LogP contribution in [0.4, 0.5) is 17.6 Å². The van der Waals surface area contributed by atoms with E-state index in [1.54, 1.807) is 0 Å². The van der Waals surface area contributed by atoms with Crippen molar-refractivity contribution in [3.05, 3.63) is 34.3 Å². The zero-order valence-electron chi connectivity index (χ0n) is 11.4. The first kappa shape index (κ1) is 16.5. The summed E-state index contributed by atoms with van der Waals surface area (Å²) in [5.74, 6) is 0. The Bertz CT molecular complexity index is 473. The molecule has 1 N–H and O–H groups in total. The number of benzene rings is 1. The Morgan fingerprint density at radius 3 is 2.43 bits per heavy atom. The van der Waals surface area contributed by atoms with E-state index in [9.17, 15) is 17.6 Å². The summed E-state index contributed by atoms with van der Waals surface area (Å²) in [4.78, 5) is 2.00. The number of nitrogens with one attached hydrogen (secondary N) is 1. The van der Waals surface area contributed by atoms with Crippen LogP contribution in [0.3, 0.4) is 0 Å². The van der Waals surface area contributed by atoms with E-state index in [-0.39, 0.29) is 17.5 Å². The van der Waals surface area contributed by atoms with Gasteiger partial charge in [-0.25, -0.2) is 0 Å². The fourth-order valence-corrected chi connectivity index (χ4v) is 2.87. The highest BCUT2D eigenvalue weighted by Crippen LogP contribution is 2.35. The maximum Gasteiger partial charge on any atom is 0.416 e. The van der Waals surface area contributed by atoms with Crippen molar-refractivity contribution in [2.45, 2.75) is 18.6 Å². The van der Waals surface area contributed by atoms with Crippen LogP contribution in [-0.4, -0.2) is 37.8 Å². The highest BCUT2D eigenvalue weighted by molar-refractivity contribution is 6.30. The summed E-state index contributed by atoms with van der Waals surface area (Å²) in [7, 11) is 0. The second-order valence-electron chi connectivity index (χ2n) is 5.05. The van der Waals surface area contributed by atoms with Gasteiger partial charge in [-0.3, -0.25) is 9.29 Å². The van der Waals surface area contributed by atoms with E-state index in [0.29, 0.717) is 18.7 Å². The zero-order chi connectivity index (χ0) is 15.5. The molecule has 1 saturated heterocycles. The minimum Gasteiger partial charge on any atom is -0.314 e. The van der Waals surface area contributed by atoms with Crippen LogP contribution in [0.25, 0.3) is 0 Å². The molecule has 21 heavy (non-hydrogen) atoms. The summed E-state index contributed by atoms with van der Waals surface area (Å²) in [6.45, 7) is 2.27. The van der Waals surface area contributed by atoms with Gasteiger partial charge in [0.25, 0.3) is 0 Å². The molecule has 0 amide bonds. The number of alkyl halides is 4. The molecular weight excluding hydrogens is 308 g/mol. The molecule has 1 aromatic carbocycles. The van der Waals surface area contributed by atoms with Crippen molar-refractivity contribution in [1.29, 1.82) is 0 Å². The minimum atomic E-state index is -4.45. The first-order valence-corrected chi connectivity index (χ1v) is 7.18. The van der Waals surface area contributed by atoms with Crippen molar-refractivity contribution in [3.8, 4) is 0 Å². The average molecular weight is 325 g/mol. The molecule has 2 rings (SSSR count). The van der Waals surface area contributed by atoms with Gasteiger partial charge in [0.1, 0.15) is 0 Å². The lowest BCUT2D eigenvalue weighted by Crippen LogP contribution is -2.45. The van der Waals surface area contributed by atoms with Crippen molar-refractivity contribution in [2.75, 3.05) is 32.9 Å². The van der Waals surface area contributed by atoms with Crippen LogP contribution in [0.2, 0.25) is 5.02 Å². The smallest absolute Gasteiger partial charge is 0.314 e. The maximum absolute atomic E-state index is 12.9. The van der Waals surface area contributed by atoms with Gasteiger partial charge >= 0.3 is 6.18 Å². The third kappa shape index (κ3) is 4.31. The van der Waals surface area contributed by atoms with Crippen LogP contribution in [-0.2, 0) is 6.18 Å². The zero-order valence-corrected chi connectivity index (χ0v) is 12.1. The van der Waals surface area contributed by atoms with Crippen molar-refractivity contribution in [3.63, 3.8) is 0 Å². The minimum absolute atomic E-state index is 0.0267. The van der Waals surface area contributed by atoms with Gasteiger partial charge in [-0.1, -0.05) is 11.6 Å². The molecular formula is C14H17ClF4N2. The van der Waals surface area contributed by atoms with Gasteiger partial charge in [-0.2, -0.15) is 13.2 Å². The lowest BCUT2D eigenvalue weighted by Gasteiger charge is -2.35. The molecule has 7 heteroatoms. The Labute approximate surface area is 126 Å². The van der Waals surface area contributed by atoms with Gasteiger partial charge in [0.05, 0.1) is 12.2 Å². The molecule has 1 aromatic rings. The highest BCUT2D eigenvalue weighted by Gasteiger charge is 2.32. The molecule has 1 fully saturated rings. The maximum atomic E-state index is 12.9. The predicted molar refractivity (Wildman–Crippen MR) is 74.2 cm³/mol. The molecule has 1 aliphatic rings. The highest BCUT2D eigenvalue weighted by atomic mass is 35.5. The quantitative estimate of drug-likeness (QED) is 0.850. The van der Waals surface area contributed by atoms with Crippen molar-refractivity contribution in [2.24, 2.45) is 0 Å². The SMILES string of the molecule is FCC[C@H](c1cc(Cl)cc(C(F)(F)F)c1)N1CCNCC1. The van der Waals surface area contributed by atoms with Crippen LogP contribution in [0.15, 0.2) is 18.2 Å². The van der Waals surface area contributed by atoms with E-state index in [1.165, 1.54) is 6.07 Å². The molecule has 118 valence electrons. The largest absolute Gasteiger partial charge is 0.416 e. The third-order valence-electron chi connectivity index (χ3n) is 3.61. The molecule has 0 unspecified atom stereocenters. The van der Waals surface area contributed by atoms with Gasteiger partial charge in [-0.15, -0.1) is 0 Å². The molecule has 0 spiro atoms. The van der Waals surface area contributed by atoms with Gasteiger partial charge in [0.2, 0.25) is 0 Å². The third-order valence-corrected chi connectivity index (χ3v) is 3.83. The molecule has 1 atom stereocenters. The van der Waals surface area contributed by atoms with E-state index in [0.717, 1.165) is 25.2 Å². The lowest BCUT2D eigenvalue weighted by molar-refractivity contribution is -0.137. The van der Waals surface area contributed by atoms with Crippen molar-refractivity contribution < 1.29 is 17.6 Å². The normalized spacial score (nSPS) is 18.7. The summed E-state index contributed by atoms with van der Waals surface area (Å²) in [5, 5.41) is 3.20. The molecule has 0 radical (unpaired) electrons. The van der Waals surface area contributed by atoms with Crippen LogP contribution in [0.1, 0.15) is 23.6 Å². The molecule has 0 aromatic heterocycles. The molecule has 0 saturated carbocycles. The number of nitrogens with zero attached hydrogens (tertiary/aromatic N) is 1.